The smallest absolute Gasteiger partial charge is 0.410 e. The molecule has 1 saturated heterocycles. The highest BCUT2D eigenvalue weighted by Gasteiger charge is 2.31. The van der Waals surface area contributed by atoms with Gasteiger partial charge < -0.3 is 9.64 Å². The van der Waals surface area contributed by atoms with Crippen LogP contribution in [-0.2, 0) is 15.5 Å². The Hall–Kier alpha value is -1.21. The summed E-state index contributed by atoms with van der Waals surface area (Å²) in [5, 5.41) is 8.21. The van der Waals surface area contributed by atoms with Crippen LogP contribution in [0.3, 0.4) is 0 Å². The second-order valence-electron chi connectivity index (χ2n) is 6.53. The van der Waals surface area contributed by atoms with Gasteiger partial charge in [-0.3, -0.25) is 4.21 Å². The molecule has 0 saturated carbocycles. The van der Waals surface area contributed by atoms with Crippen molar-refractivity contribution in [1.29, 1.82) is 0 Å². The average molecular weight is 360 g/mol. The van der Waals surface area contributed by atoms with E-state index in [1.165, 1.54) is 0 Å². The molecule has 1 amide bonds. The quantitative estimate of drug-likeness (QED) is 0.829. The van der Waals surface area contributed by atoms with Gasteiger partial charge in [-0.05, 0) is 52.2 Å². The predicted molar refractivity (Wildman–Crippen MR) is 88.9 cm³/mol. The molecule has 1 aromatic heterocycles. The van der Waals surface area contributed by atoms with E-state index in [0.29, 0.717) is 17.3 Å². The van der Waals surface area contributed by atoms with Gasteiger partial charge in [0.05, 0.1) is 16.6 Å². The highest BCUT2D eigenvalue weighted by molar-refractivity contribution is 7.85. The monoisotopic (exact) mass is 359 g/mol. The van der Waals surface area contributed by atoms with E-state index < -0.39 is 16.4 Å². The second-order valence-corrected chi connectivity index (χ2v) is 8.36. The van der Waals surface area contributed by atoms with Gasteiger partial charge in [0.25, 0.3) is 0 Å². The number of halogens is 1. The molecule has 8 heteroatoms. The fourth-order valence-electron chi connectivity index (χ4n) is 2.42. The van der Waals surface area contributed by atoms with Crippen molar-refractivity contribution < 1.29 is 13.7 Å². The third kappa shape index (κ3) is 5.42. The Kier molecular flexibility index (Phi) is 5.97. The van der Waals surface area contributed by atoms with Crippen LogP contribution >= 0.6 is 11.6 Å². The van der Waals surface area contributed by atoms with Crippen molar-refractivity contribution in [2.45, 2.75) is 56.7 Å². The maximum absolute atomic E-state index is 12.5. The van der Waals surface area contributed by atoms with E-state index in [4.69, 9.17) is 16.3 Å². The highest BCUT2D eigenvalue weighted by atomic mass is 35.5. The maximum atomic E-state index is 12.5. The highest BCUT2D eigenvalue weighted by Crippen LogP contribution is 2.22. The second kappa shape index (κ2) is 7.57. The minimum atomic E-state index is -1.33. The number of aromatic nitrogens is 2. The van der Waals surface area contributed by atoms with Crippen molar-refractivity contribution in [2.24, 2.45) is 0 Å². The topological polar surface area (TPSA) is 72.4 Å². The zero-order valence-corrected chi connectivity index (χ0v) is 15.2. The summed E-state index contributed by atoms with van der Waals surface area (Å²) in [5.41, 5.74) is -0.542. The lowest BCUT2D eigenvalue weighted by atomic mass is 10.0. The minimum absolute atomic E-state index is 0.114. The van der Waals surface area contributed by atoms with Crippen molar-refractivity contribution in [2.75, 3.05) is 12.3 Å². The third-order valence-corrected chi connectivity index (χ3v) is 5.01. The first-order valence-electron chi connectivity index (χ1n) is 7.63. The van der Waals surface area contributed by atoms with E-state index in [0.717, 1.165) is 19.3 Å². The van der Waals surface area contributed by atoms with Crippen LogP contribution in [0.25, 0.3) is 0 Å². The van der Waals surface area contributed by atoms with Gasteiger partial charge in [-0.2, -0.15) is 0 Å². The van der Waals surface area contributed by atoms with Gasteiger partial charge in [0.2, 0.25) is 0 Å². The molecule has 0 aromatic carbocycles. The molecule has 2 unspecified atom stereocenters. The Morgan fingerprint density at radius 2 is 2.13 bits per heavy atom. The number of ether oxygens (including phenoxy) is 1. The summed E-state index contributed by atoms with van der Waals surface area (Å²) in [6.45, 7) is 6.14. The summed E-state index contributed by atoms with van der Waals surface area (Å²) in [6.07, 6.45) is 2.41. The number of carbonyl (C=O) groups excluding carboxylic acids is 1. The van der Waals surface area contributed by atoms with Crippen LogP contribution in [0.5, 0.6) is 0 Å². The molecule has 2 rings (SSSR count). The van der Waals surface area contributed by atoms with Gasteiger partial charge in [-0.25, -0.2) is 4.79 Å². The Morgan fingerprint density at radius 1 is 1.39 bits per heavy atom. The first kappa shape index (κ1) is 18.1. The van der Waals surface area contributed by atoms with Crippen LogP contribution in [-0.4, -0.2) is 49.3 Å². The van der Waals surface area contributed by atoms with Gasteiger partial charge in [0.1, 0.15) is 10.6 Å². The molecule has 0 spiro atoms. The average Bonchev–Trinajstić information content (AvgIpc) is 2.46. The van der Waals surface area contributed by atoms with Gasteiger partial charge in [0, 0.05) is 12.6 Å². The van der Waals surface area contributed by atoms with Gasteiger partial charge in [0.15, 0.2) is 5.15 Å². The molecule has 1 aliphatic rings. The molecule has 128 valence electrons. The summed E-state index contributed by atoms with van der Waals surface area (Å²) in [4.78, 5) is 14.0. The van der Waals surface area contributed by atoms with Crippen LogP contribution in [0.2, 0.25) is 5.15 Å². The number of hydrogen-bond acceptors (Lipinski definition) is 5. The summed E-state index contributed by atoms with van der Waals surface area (Å²) >= 11 is 5.69. The van der Waals surface area contributed by atoms with Crippen LogP contribution in [0.4, 0.5) is 4.79 Å². The largest absolute Gasteiger partial charge is 0.444 e. The predicted octanol–water partition coefficient (Wildman–Crippen LogP) is 3.03. The number of nitrogens with zero attached hydrogens (tertiary/aromatic N) is 3. The van der Waals surface area contributed by atoms with Crippen molar-refractivity contribution in [3.8, 4) is 0 Å². The summed E-state index contributed by atoms with van der Waals surface area (Å²) in [5.74, 6) is 0.329. The lowest BCUT2D eigenvalue weighted by Gasteiger charge is -2.36. The van der Waals surface area contributed by atoms with Crippen molar-refractivity contribution in [3.63, 3.8) is 0 Å². The minimum Gasteiger partial charge on any atom is -0.444 e. The number of amides is 1. The zero-order chi connectivity index (χ0) is 17.0. The number of piperidine rings is 1. The standard InChI is InChI=1S/C15H22ClN3O3S/c1-15(2,3)22-14(20)19-9-5-4-6-11(19)10-23(21)13-8-7-12(16)17-18-13/h7-8,11H,4-6,9-10H2,1-3H3. The molecule has 2 heterocycles. The third-order valence-electron chi connectivity index (χ3n) is 3.44. The summed E-state index contributed by atoms with van der Waals surface area (Å²) in [7, 11) is -1.33. The van der Waals surface area contributed by atoms with Gasteiger partial charge >= 0.3 is 6.09 Å². The Labute approximate surface area is 144 Å². The van der Waals surface area contributed by atoms with Crippen LogP contribution in [0, 0.1) is 0 Å². The number of hydrogen-bond donors (Lipinski definition) is 0. The molecule has 0 bridgehead atoms. The molecule has 0 aliphatic carbocycles. The number of carbonyl (C=O) groups is 1. The van der Waals surface area contributed by atoms with E-state index in [2.05, 4.69) is 10.2 Å². The lowest BCUT2D eigenvalue weighted by molar-refractivity contribution is 0.0125. The Morgan fingerprint density at radius 3 is 2.74 bits per heavy atom. The van der Waals surface area contributed by atoms with E-state index in [9.17, 15) is 9.00 Å². The molecule has 2 atom stereocenters. The molecule has 6 nitrogen and oxygen atoms in total. The SMILES string of the molecule is CC(C)(C)OC(=O)N1CCCCC1CS(=O)c1ccc(Cl)nn1. The van der Waals surface area contributed by atoms with Gasteiger partial charge in [-0.1, -0.05) is 11.6 Å². The number of rotatable bonds is 3. The van der Waals surface area contributed by atoms with Gasteiger partial charge in [-0.15, -0.1) is 10.2 Å². The number of likely N-dealkylation sites (tertiary alicyclic amines) is 1. The van der Waals surface area contributed by atoms with E-state index in [-0.39, 0.29) is 17.3 Å². The van der Waals surface area contributed by atoms with E-state index >= 15 is 0 Å². The molecule has 23 heavy (non-hydrogen) atoms. The zero-order valence-electron chi connectivity index (χ0n) is 13.6. The molecule has 1 aliphatic heterocycles. The van der Waals surface area contributed by atoms with Crippen LogP contribution in [0.15, 0.2) is 17.2 Å². The van der Waals surface area contributed by atoms with Crippen molar-refractivity contribution in [3.05, 3.63) is 17.3 Å². The molecular formula is C15H22ClN3O3S. The fraction of sp³-hybridized carbons (Fsp3) is 0.667. The molecule has 0 N–H and O–H groups in total. The molecule has 0 radical (unpaired) electrons. The van der Waals surface area contributed by atoms with Crippen LogP contribution < -0.4 is 0 Å². The fourth-order valence-corrected chi connectivity index (χ4v) is 3.74. The lowest BCUT2D eigenvalue weighted by Crippen LogP contribution is -2.48. The summed E-state index contributed by atoms with van der Waals surface area (Å²) < 4.78 is 17.9. The first-order chi connectivity index (χ1) is 10.8. The molecular weight excluding hydrogens is 338 g/mol. The van der Waals surface area contributed by atoms with Crippen molar-refractivity contribution in [1.82, 2.24) is 15.1 Å². The maximum Gasteiger partial charge on any atom is 0.410 e. The van der Waals surface area contributed by atoms with E-state index in [1.54, 1.807) is 17.0 Å². The van der Waals surface area contributed by atoms with Crippen molar-refractivity contribution >= 4 is 28.5 Å². The Balaban J connectivity index is 2.04. The normalized spacial score (nSPS) is 20.2. The molecule has 1 aromatic rings. The molecule has 1 fully saturated rings. The summed E-state index contributed by atoms with van der Waals surface area (Å²) in [6, 6.07) is 3.05. The Bertz CT molecular complexity index is 574. The van der Waals surface area contributed by atoms with E-state index in [1.807, 2.05) is 20.8 Å². The van der Waals surface area contributed by atoms with Crippen LogP contribution in [0.1, 0.15) is 40.0 Å². The first-order valence-corrected chi connectivity index (χ1v) is 9.33.